The van der Waals surface area contributed by atoms with Crippen LogP contribution in [0.1, 0.15) is 19.2 Å². The first kappa shape index (κ1) is 11.1. The van der Waals surface area contributed by atoms with Crippen LogP contribution in [0.25, 0.3) is 0 Å². The summed E-state index contributed by atoms with van der Waals surface area (Å²) in [6, 6.07) is 0. The van der Waals surface area contributed by atoms with Crippen molar-refractivity contribution in [3.05, 3.63) is 18.2 Å². The molecular weight excluding hydrogens is 204 g/mol. The van der Waals surface area contributed by atoms with Gasteiger partial charge in [0.1, 0.15) is 5.82 Å². The third-order valence-electron chi connectivity index (χ3n) is 2.80. The average Bonchev–Trinajstić information content (AvgIpc) is 2.76. The lowest BCUT2D eigenvalue weighted by atomic mass is 10.3. The second-order valence-corrected chi connectivity index (χ2v) is 4.03. The lowest BCUT2D eigenvalue weighted by Crippen LogP contribution is -2.42. The minimum atomic E-state index is 0.169. The summed E-state index contributed by atoms with van der Waals surface area (Å²) in [6.45, 7) is 5.71. The fraction of sp³-hybridized carbons (Fsp3) is 0.636. The van der Waals surface area contributed by atoms with E-state index < -0.39 is 0 Å². The number of hydrogen-bond donors (Lipinski definition) is 1. The molecule has 0 aromatic carbocycles. The number of carbonyl (C=O) groups is 1. The smallest absolute Gasteiger partial charge is 0.236 e. The highest BCUT2D eigenvalue weighted by Crippen LogP contribution is 2.09. The molecule has 0 unspecified atom stereocenters. The van der Waals surface area contributed by atoms with Crippen molar-refractivity contribution >= 4 is 5.91 Å². The Morgan fingerprint density at radius 3 is 3.25 bits per heavy atom. The molecule has 1 aromatic rings. The van der Waals surface area contributed by atoms with Crippen molar-refractivity contribution < 1.29 is 4.79 Å². The van der Waals surface area contributed by atoms with Crippen molar-refractivity contribution in [1.82, 2.24) is 19.8 Å². The molecule has 2 rings (SSSR count). The number of imidazole rings is 1. The van der Waals surface area contributed by atoms with Crippen LogP contribution in [-0.4, -0.2) is 40.0 Å². The van der Waals surface area contributed by atoms with Gasteiger partial charge in [-0.1, -0.05) is 6.92 Å². The van der Waals surface area contributed by atoms with Gasteiger partial charge in [-0.2, -0.15) is 0 Å². The van der Waals surface area contributed by atoms with Crippen LogP contribution in [0, 0.1) is 0 Å². The van der Waals surface area contributed by atoms with Crippen LogP contribution in [0.3, 0.4) is 0 Å². The van der Waals surface area contributed by atoms with Gasteiger partial charge in [-0.3, -0.25) is 4.79 Å². The van der Waals surface area contributed by atoms with Gasteiger partial charge in [0.05, 0.1) is 13.1 Å². The van der Waals surface area contributed by atoms with Crippen LogP contribution in [0.15, 0.2) is 12.4 Å². The number of carbonyl (C=O) groups excluding carboxylic acids is 1. The summed E-state index contributed by atoms with van der Waals surface area (Å²) in [4.78, 5) is 17.9. The Morgan fingerprint density at radius 1 is 1.56 bits per heavy atom. The van der Waals surface area contributed by atoms with Crippen LogP contribution in [-0.2, 0) is 17.9 Å². The first-order valence-corrected chi connectivity index (χ1v) is 5.79. The Balaban J connectivity index is 1.86. The first-order chi connectivity index (χ1) is 7.81. The van der Waals surface area contributed by atoms with Crippen molar-refractivity contribution in [2.45, 2.75) is 26.4 Å². The standard InChI is InChI=1S/C11H18N4O/c1-2-3-12-8-11(16)15-7-6-14-5-4-13-10(14)9-15/h4-5,12H,2-3,6-9H2,1H3. The zero-order valence-corrected chi connectivity index (χ0v) is 9.65. The highest BCUT2D eigenvalue weighted by Gasteiger charge is 2.20. The largest absolute Gasteiger partial charge is 0.332 e. The molecule has 0 spiro atoms. The second kappa shape index (κ2) is 5.12. The van der Waals surface area contributed by atoms with Crippen molar-refractivity contribution in [2.75, 3.05) is 19.6 Å². The Kier molecular flexibility index (Phi) is 3.56. The van der Waals surface area contributed by atoms with E-state index in [2.05, 4.69) is 21.8 Å². The van der Waals surface area contributed by atoms with Crippen molar-refractivity contribution in [2.24, 2.45) is 0 Å². The Morgan fingerprint density at radius 2 is 2.44 bits per heavy atom. The van der Waals surface area contributed by atoms with Gasteiger partial charge in [-0.25, -0.2) is 4.98 Å². The van der Waals surface area contributed by atoms with Gasteiger partial charge < -0.3 is 14.8 Å². The molecule has 1 aliphatic heterocycles. The normalized spacial score (nSPS) is 14.9. The molecule has 1 aromatic heterocycles. The van der Waals surface area contributed by atoms with E-state index in [1.807, 2.05) is 11.1 Å². The van der Waals surface area contributed by atoms with Gasteiger partial charge in [-0.05, 0) is 13.0 Å². The third-order valence-corrected chi connectivity index (χ3v) is 2.80. The molecule has 0 fully saturated rings. The van der Waals surface area contributed by atoms with E-state index in [1.165, 1.54) is 0 Å². The third kappa shape index (κ3) is 2.41. The van der Waals surface area contributed by atoms with Crippen LogP contribution in [0.5, 0.6) is 0 Å². The van der Waals surface area contributed by atoms with Gasteiger partial charge in [0.2, 0.25) is 5.91 Å². The van der Waals surface area contributed by atoms with E-state index >= 15 is 0 Å². The number of fused-ring (bicyclic) bond motifs is 1. The zero-order valence-electron chi connectivity index (χ0n) is 9.65. The molecule has 0 saturated carbocycles. The lowest BCUT2D eigenvalue weighted by molar-refractivity contribution is -0.131. The summed E-state index contributed by atoms with van der Waals surface area (Å²) in [5, 5.41) is 3.13. The number of rotatable bonds is 4. The van der Waals surface area contributed by atoms with Gasteiger partial charge >= 0.3 is 0 Å². The monoisotopic (exact) mass is 222 g/mol. The van der Waals surface area contributed by atoms with E-state index in [4.69, 9.17) is 0 Å². The summed E-state index contributed by atoms with van der Waals surface area (Å²) >= 11 is 0. The number of aromatic nitrogens is 2. The fourth-order valence-corrected chi connectivity index (χ4v) is 1.87. The molecule has 16 heavy (non-hydrogen) atoms. The molecule has 0 bridgehead atoms. The molecule has 2 heterocycles. The predicted octanol–water partition coefficient (Wildman–Crippen LogP) is 0.225. The predicted molar refractivity (Wildman–Crippen MR) is 60.8 cm³/mol. The molecule has 88 valence electrons. The molecule has 1 N–H and O–H groups in total. The summed E-state index contributed by atoms with van der Waals surface area (Å²) in [5.74, 6) is 1.15. The van der Waals surface area contributed by atoms with Gasteiger partial charge in [0, 0.05) is 25.5 Å². The summed E-state index contributed by atoms with van der Waals surface area (Å²) in [6.07, 6.45) is 4.81. The van der Waals surface area contributed by atoms with E-state index in [9.17, 15) is 4.79 Å². The Hall–Kier alpha value is -1.36. The van der Waals surface area contributed by atoms with Crippen LogP contribution >= 0.6 is 0 Å². The summed E-state index contributed by atoms with van der Waals surface area (Å²) in [5.41, 5.74) is 0. The molecule has 0 saturated heterocycles. The maximum Gasteiger partial charge on any atom is 0.236 e. The maximum atomic E-state index is 11.8. The van der Waals surface area contributed by atoms with Crippen molar-refractivity contribution in [3.8, 4) is 0 Å². The van der Waals surface area contributed by atoms with Crippen LogP contribution in [0.4, 0.5) is 0 Å². The minimum Gasteiger partial charge on any atom is -0.332 e. The molecular formula is C11H18N4O. The number of nitrogens with one attached hydrogen (secondary N) is 1. The van der Waals surface area contributed by atoms with Gasteiger partial charge in [0.15, 0.2) is 0 Å². The molecule has 0 aliphatic carbocycles. The average molecular weight is 222 g/mol. The van der Waals surface area contributed by atoms with E-state index in [0.717, 1.165) is 31.9 Å². The van der Waals surface area contributed by atoms with Gasteiger partial charge in [-0.15, -0.1) is 0 Å². The summed E-state index contributed by atoms with van der Waals surface area (Å²) in [7, 11) is 0. The van der Waals surface area contributed by atoms with E-state index in [0.29, 0.717) is 13.1 Å². The van der Waals surface area contributed by atoms with Crippen molar-refractivity contribution in [3.63, 3.8) is 0 Å². The fourth-order valence-electron chi connectivity index (χ4n) is 1.87. The maximum absolute atomic E-state index is 11.8. The summed E-state index contributed by atoms with van der Waals surface area (Å²) < 4.78 is 2.10. The number of nitrogens with zero attached hydrogens (tertiary/aromatic N) is 3. The molecule has 0 atom stereocenters. The zero-order chi connectivity index (χ0) is 11.4. The van der Waals surface area contributed by atoms with Crippen molar-refractivity contribution in [1.29, 1.82) is 0 Å². The first-order valence-electron chi connectivity index (χ1n) is 5.79. The topological polar surface area (TPSA) is 50.2 Å². The van der Waals surface area contributed by atoms with E-state index in [-0.39, 0.29) is 5.91 Å². The molecule has 0 radical (unpaired) electrons. The highest BCUT2D eigenvalue weighted by molar-refractivity contribution is 5.78. The minimum absolute atomic E-state index is 0.169. The number of hydrogen-bond acceptors (Lipinski definition) is 3. The second-order valence-electron chi connectivity index (χ2n) is 4.03. The van der Waals surface area contributed by atoms with Crippen LogP contribution in [0.2, 0.25) is 0 Å². The Labute approximate surface area is 95.5 Å². The molecule has 5 heteroatoms. The van der Waals surface area contributed by atoms with E-state index in [1.54, 1.807) is 6.20 Å². The highest BCUT2D eigenvalue weighted by atomic mass is 16.2. The SMILES string of the molecule is CCCNCC(=O)N1CCn2ccnc2C1. The quantitative estimate of drug-likeness (QED) is 0.742. The molecule has 1 amide bonds. The Bertz CT molecular complexity index is 361. The molecule has 1 aliphatic rings. The lowest BCUT2D eigenvalue weighted by Gasteiger charge is -2.27. The van der Waals surface area contributed by atoms with Gasteiger partial charge in [0.25, 0.3) is 0 Å². The molecule has 5 nitrogen and oxygen atoms in total. The van der Waals surface area contributed by atoms with Crippen LogP contribution < -0.4 is 5.32 Å². The number of amides is 1.